The van der Waals surface area contributed by atoms with Gasteiger partial charge >= 0.3 is 5.97 Å². The molecule has 1 aliphatic heterocycles. The molecular weight excluding hydrogens is 306 g/mol. The molecule has 2 aromatic heterocycles. The second kappa shape index (κ2) is 7.44. The summed E-state index contributed by atoms with van der Waals surface area (Å²) >= 11 is 0. The van der Waals surface area contributed by atoms with Crippen molar-refractivity contribution in [2.45, 2.75) is 32.2 Å². The van der Waals surface area contributed by atoms with E-state index in [4.69, 9.17) is 4.74 Å². The first kappa shape index (κ1) is 16.4. The Labute approximate surface area is 141 Å². The van der Waals surface area contributed by atoms with Gasteiger partial charge in [-0.15, -0.1) is 0 Å². The standard InChI is InChI=1S/C17H23N5O2/c1-12-15(11-20-22(12)13-4-3-7-18-8-5-13)21-16-10-19-9-6-14(16)17(23)24-2/h6,9-11,13,18,21H,3-5,7-8H2,1-2H3/t13-/m1/s1. The van der Waals surface area contributed by atoms with E-state index < -0.39 is 0 Å². The average molecular weight is 329 g/mol. The molecule has 0 saturated carbocycles. The highest BCUT2D eigenvalue weighted by atomic mass is 16.5. The molecule has 2 N–H and O–H groups in total. The van der Waals surface area contributed by atoms with Crippen molar-refractivity contribution in [3.8, 4) is 0 Å². The molecule has 0 aromatic carbocycles. The van der Waals surface area contributed by atoms with Crippen LogP contribution in [-0.4, -0.2) is 40.9 Å². The van der Waals surface area contributed by atoms with E-state index in [1.54, 1.807) is 18.5 Å². The number of methoxy groups -OCH3 is 1. The zero-order valence-corrected chi connectivity index (χ0v) is 14.1. The molecular formula is C17H23N5O2. The van der Waals surface area contributed by atoms with Crippen molar-refractivity contribution >= 4 is 17.3 Å². The molecule has 0 bridgehead atoms. The molecule has 1 saturated heterocycles. The van der Waals surface area contributed by atoms with Gasteiger partial charge in [0.15, 0.2) is 0 Å². The highest BCUT2D eigenvalue weighted by Crippen LogP contribution is 2.27. The van der Waals surface area contributed by atoms with Crippen LogP contribution >= 0.6 is 0 Å². The summed E-state index contributed by atoms with van der Waals surface area (Å²) in [5, 5.41) is 11.3. The van der Waals surface area contributed by atoms with Gasteiger partial charge in [-0.2, -0.15) is 5.10 Å². The van der Waals surface area contributed by atoms with Crippen molar-refractivity contribution in [1.82, 2.24) is 20.1 Å². The number of carbonyl (C=O) groups is 1. The maximum atomic E-state index is 11.9. The van der Waals surface area contributed by atoms with Crippen LogP contribution in [-0.2, 0) is 4.74 Å². The molecule has 1 fully saturated rings. The van der Waals surface area contributed by atoms with Crippen LogP contribution in [0.3, 0.4) is 0 Å². The number of nitrogens with one attached hydrogen (secondary N) is 2. The summed E-state index contributed by atoms with van der Waals surface area (Å²) in [6, 6.07) is 2.05. The lowest BCUT2D eigenvalue weighted by Crippen LogP contribution is -2.16. The van der Waals surface area contributed by atoms with Crippen molar-refractivity contribution < 1.29 is 9.53 Å². The van der Waals surface area contributed by atoms with Gasteiger partial charge in [-0.3, -0.25) is 9.67 Å². The Kier molecular flexibility index (Phi) is 5.10. The van der Waals surface area contributed by atoms with Crippen molar-refractivity contribution in [3.63, 3.8) is 0 Å². The SMILES string of the molecule is COC(=O)c1ccncc1Nc1cnn([C@@H]2CCCNCC2)c1C. The topological polar surface area (TPSA) is 81.1 Å². The number of aromatic nitrogens is 3. The quantitative estimate of drug-likeness (QED) is 0.839. The monoisotopic (exact) mass is 329 g/mol. The predicted molar refractivity (Wildman–Crippen MR) is 91.6 cm³/mol. The number of hydrogen-bond acceptors (Lipinski definition) is 6. The number of carbonyl (C=O) groups excluding carboxylic acids is 1. The third kappa shape index (κ3) is 3.41. The number of ether oxygens (including phenoxy) is 1. The molecule has 0 radical (unpaired) electrons. The zero-order chi connectivity index (χ0) is 16.9. The van der Waals surface area contributed by atoms with Crippen LogP contribution in [0.5, 0.6) is 0 Å². The van der Waals surface area contributed by atoms with Gasteiger partial charge in [-0.25, -0.2) is 4.79 Å². The van der Waals surface area contributed by atoms with E-state index in [1.165, 1.54) is 7.11 Å². The van der Waals surface area contributed by atoms with Crippen molar-refractivity contribution in [3.05, 3.63) is 35.9 Å². The molecule has 1 atom stereocenters. The van der Waals surface area contributed by atoms with Crippen molar-refractivity contribution in [1.29, 1.82) is 0 Å². The van der Waals surface area contributed by atoms with Crippen molar-refractivity contribution in [2.75, 3.05) is 25.5 Å². The predicted octanol–water partition coefficient (Wildman–Crippen LogP) is 2.43. The van der Waals surface area contributed by atoms with Crippen LogP contribution in [0.1, 0.15) is 41.4 Å². The lowest BCUT2D eigenvalue weighted by atomic mass is 10.1. The summed E-state index contributed by atoms with van der Waals surface area (Å²) < 4.78 is 6.91. The average Bonchev–Trinajstić information content (AvgIpc) is 2.81. The molecule has 7 nitrogen and oxygen atoms in total. The fourth-order valence-corrected chi connectivity index (χ4v) is 3.09. The summed E-state index contributed by atoms with van der Waals surface area (Å²) in [5.41, 5.74) is 3.01. The molecule has 2 aromatic rings. The Hall–Kier alpha value is -2.41. The van der Waals surface area contributed by atoms with Gasteiger partial charge in [0.25, 0.3) is 0 Å². The third-order valence-corrected chi connectivity index (χ3v) is 4.43. The molecule has 0 aliphatic carbocycles. The van der Waals surface area contributed by atoms with E-state index in [-0.39, 0.29) is 5.97 Å². The van der Waals surface area contributed by atoms with Crippen molar-refractivity contribution in [2.24, 2.45) is 0 Å². The Morgan fingerprint density at radius 1 is 1.33 bits per heavy atom. The highest BCUT2D eigenvalue weighted by molar-refractivity contribution is 5.96. The number of pyridine rings is 1. The maximum Gasteiger partial charge on any atom is 0.340 e. The molecule has 0 unspecified atom stereocenters. The summed E-state index contributed by atoms with van der Waals surface area (Å²) in [7, 11) is 1.37. The molecule has 0 amide bonds. The normalized spacial score (nSPS) is 18.0. The van der Waals surface area contributed by atoms with E-state index in [9.17, 15) is 4.79 Å². The molecule has 0 spiro atoms. The Morgan fingerprint density at radius 2 is 2.21 bits per heavy atom. The fourth-order valence-electron chi connectivity index (χ4n) is 3.09. The fraction of sp³-hybridized carbons (Fsp3) is 0.471. The van der Waals surface area contributed by atoms with Crippen LogP contribution in [0.15, 0.2) is 24.7 Å². The number of esters is 1. The molecule has 24 heavy (non-hydrogen) atoms. The maximum absolute atomic E-state index is 11.9. The van der Waals surface area contributed by atoms with Gasteiger partial charge in [0.05, 0.1) is 48.2 Å². The lowest BCUT2D eigenvalue weighted by Gasteiger charge is -2.17. The third-order valence-electron chi connectivity index (χ3n) is 4.43. The second-order valence-electron chi connectivity index (χ2n) is 5.96. The van der Waals surface area contributed by atoms with E-state index in [2.05, 4.69) is 25.4 Å². The molecule has 1 aliphatic rings. The number of hydrogen-bond donors (Lipinski definition) is 2. The number of rotatable bonds is 4. The summed E-state index contributed by atoms with van der Waals surface area (Å²) in [6.45, 7) is 4.13. The van der Waals surface area contributed by atoms with E-state index in [0.29, 0.717) is 17.3 Å². The van der Waals surface area contributed by atoms with Gasteiger partial charge in [0.2, 0.25) is 0 Å². The minimum Gasteiger partial charge on any atom is -0.465 e. The largest absolute Gasteiger partial charge is 0.465 e. The van der Waals surface area contributed by atoms with Crippen LogP contribution in [0, 0.1) is 6.92 Å². The van der Waals surface area contributed by atoms with Gasteiger partial charge in [0, 0.05) is 6.20 Å². The number of anilines is 2. The summed E-state index contributed by atoms with van der Waals surface area (Å²) in [6.07, 6.45) is 8.35. The van der Waals surface area contributed by atoms with Gasteiger partial charge in [-0.1, -0.05) is 0 Å². The van der Waals surface area contributed by atoms with Gasteiger partial charge in [0.1, 0.15) is 0 Å². The smallest absolute Gasteiger partial charge is 0.340 e. The zero-order valence-electron chi connectivity index (χ0n) is 14.1. The van der Waals surface area contributed by atoms with E-state index >= 15 is 0 Å². The first-order chi connectivity index (χ1) is 11.7. The van der Waals surface area contributed by atoms with E-state index in [1.807, 2.05) is 13.1 Å². The van der Waals surface area contributed by atoms with Crippen LogP contribution in [0.2, 0.25) is 0 Å². The van der Waals surface area contributed by atoms with Crippen LogP contribution in [0.25, 0.3) is 0 Å². The molecule has 3 heterocycles. The first-order valence-electron chi connectivity index (χ1n) is 8.25. The molecule has 3 rings (SSSR count). The highest BCUT2D eigenvalue weighted by Gasteiger charge is 2.19. The minimum absolute atomic E-state index is 0.389. The minimum atomic E-state index is -0.389. The summed E-state index contributed by atoms with van der Waals surface area (Å²) in [5.74, 6) is -0.389. The Bertz CT molecular complexity index is 705. The Balaban J connectivity index is 1.83. The Morgan fingerprint density at radius 3 is 3.04 bits per heavy atom. The second-order valence-corrected chi connectivity index (χ2v) is 5.96. The van der Waals surface area contributed by atoms with Gasteiger partial charge in [-0.05, 0) is 45.3 Å². The molecule has 7 heteroatoms. The van der Waals surface area contributed by atoms with E-state index in [0.717, 1.165) is 43.7 Å². The summed E-state index contributed by atoms with van der Waals surface area (Å²) in [4.78, 5) is 16.0. The first-order valence-corrected chi connectivity index (χ1v) is 8.25. The molecule has 128 valence electrons. The lowest BCUT2D eigenvalue weighted by molar-refractivity contribution is 0.0602. The van der Waals surface area contributed by atoms with Crippen LogP contribution in [0.4, 0.5) is 11.4 Å². The van der Waals surface area contributed by atoms with Crippen LogP contribution < -0.4 is 10.6 Å². The number of nitrogens with zero attached hydrogens (tertiary/aromatic N) is 3. The van der Waals surface area contributed by atoms with Gasteiger partial charge < -0.3 is 15.4 Å².